The molecule has 1 aromatic rings. The lowest BCUT2D eigenvalue weighted by atomic mass is 9.93. The Kier molecular flexibility index (Phi) is 7.21. The van der Waals surface area contributed by atoms with Gasteiger partial charge in [-0.25, -0.2) is 0 Å². The first-order valence-electron chi connectivity index (χ1n) is 8.61. The van der Waals surface area contributed by atoms with Crippen molar-refractivity contribution < 1.29 is 9.59 Å². The van der Waals surface area contributed by atoms with E-state index in [-0.39, 0.29) is 11.8 Å². The van der Waals surface area contributed by atoms with E-state index in [1.54, 1.807) is 12.1 Å². The molecule has 132 valence electrons. The van der Waals surface area contributed by atoms with Crippen LogP contribution in [-0.2, 0) is 9.59 Å². The van der Waals surface area contributed by atoms with Crippen molar-refractivity contribution in [1.29, 1.82) is 0 Å². The van der Waals surface area contributed by atoms with Crippen LogP contribution in [0.15, 0.2) is 24.3 Å². The van der Waals surface area contributed by atoms with Gasteiger partial charge in [-0.3, -0.25) is 14.5 Å². The average Bonchev–Trinajstić information content (AvgIpc) is 2.54. The Balaban J connectivity index is 1.76. The highest BCUT2D eigenvalue weighted by molar-refractivity contribution is 5.94. The zero-order valence-electron chi connectivity index (χ0n) is 14.6. The number of carbonyl (C=O) groups is 2. The molecule has 3 N–H and O–H groups in total. The Labute approximate surface area is 144 Å². The Morgan fingerprint density at radius 1 is 1.17 bits per heavy atom. The molecule has 24 heavy (non-hydrogen) atoms. The third-order valence-corrected chi connectivity index (χ3v) is 4.34. The number of benzene rings is 1. The van der Waals surface area contributed by atoms with E-state index >= 15 is 0 Å². The number of amides is 2. The van der Waals surface area contributed by atoms with Gasteiger partial charge in [-0.15, -0.1) is 0 Å². The summed E-state index contributed by atoms with van der Waals surface area (Å²) in [6.45, 7) is 4.91. The van der Waals surface area contributed by atoms with Crippen LogP contribution in [0.25, 0.3) is 0 Å². The molecule has 6 nitrogen and oxygen atoms in total. The van der Waals surface area contributed by atoms with Crippen LogP contribution >= 0.6 is 0 Å². The molecule has 1 saturated heterocycles. The van der Waals surface area contributed by atoms with Gasteiger partial charge >= 0.3 is 0 Å². The molecule has 0 aliphatic carbocycles. The number of nitrogens with one attached hydrogen (secondary N) is 3. The van der Waals surface area contributed by atoms with Crippen molar-refractivity contribution in [2.45, 2.75) is 26.2 Å². The Morgan fingerprint density at radius 3 is 2.46 bits per heavy atom. The minimum atomic E-state index is -0.125. The van der Waals surface area contributed by atoms with Gasteiger partial charge < -0.3 is 16.0 Å². The Hall–Kier alpha value is -1.92. The monoisotopic (exact) mass is 332 g/mol. The predicted octanol–water partition coefficient (Wildman–Crippen LogP) is 1.90. The van der Waals surface area contributed by atoms with Crippen LogP contribution in [0.2, 0.25) is 0 Å². The standard InChI is InChI=1S/C18H28N4O2/c1-14(23)20-16-4-3-5-17(12-16)21-18(24)13-22-10-7-15(8-11-22)6-9-19-2/h3-5,12,15,19H,6-11,13H2,1-2H3,(H,20,23)(H,21,24). The zero-order valence-corrected chi connectivity index (χ0v) is 14.6. The van der Waals surface area contributed by atoms with Crippen molar-refractivity contribution in [3.05, 3.63) is 24.3 Å². The minimum Gasteiger partial charge on any atom is -0.326 e. The molecule has 2 amide bonds. The highest BCUT2D eigenvalue weighted by Crippen LogP contribution is 2.20. The van der Waals surface area contributed by atoms with Crippen molar-refractivity contribution in [3.8, 4) is 0 Å². The SMILES string of the molecule is CNCCC1CCN(CC(=O)Nc2cccc(NC(C)=O)c2)CC1. The van der Waals surface area contributed by atoms with Crippen LogP contribution in [0.5, 0.6) is 0 Å². The molecule has 0 radical (unpaired) electrons. The van der Waals surface area contributed by atoms with E-state index in [0.29, 0.717) is 17.9 Å². The van der Waals surface area contributed by atoms with Crippen LogP contribution in [0, 0.1) is 5.92 Å². The van der Waals surface area contributed by atoms with Gasteiger partial charge in [0.15, 0.2) is 0 Å². The summed E-state index contributed by atoms with van der Waals surface area (Å²) in [5, 5.41) is 8.82. The summed E-state index contributed by atoms with van der Waals surface area (Å²) >= 11 is 0. The minimum absolute atomic E-state index is 0.0105. The van der Waals surface area contributed by atoms with Gasteiger partial charge in [0.05, 0.1) is 6.54 Å². The van der Waals surface area contributed by atoms with Gasteiger partial charge in [-0.2, -0.15) is 0 Å². The first-order valence-corrected chi connectivity index (χ1v) is 8.61. The van der Waals surface area contributed by atoms with Gasteiger partial charge in [0.25, 0.3) is 0 Å². The molecular formula is C18H28N4O2. The van der Waals surface area contributed by atoms with Crippen LogP contribution in [0.3, 0.4) is 0 Å². The van der Waals surface area contributed by atoms with Crippen LogP contribution in [0.4, 0.5) is 11.4 Å². The highest BCUT2D eigenvalue weighted by Gasteiger charge is 2.20. The first kappa shape index (κ1) is 18.4. The summed E-state index contributed by atoms with van der Waals surface area (Å²) in [6.07, 6.45) is 3.53. The molecule has 0 aromatic heterocycles. The largest absolute Gasteiger partial charge is 0.326 e. The first-order chi connectivity index (χ1) is 11.6. The van der Waals surface area contributed by atoms with E-state index in [1.807, 2.05) is 19.2 Å². The van der Waals surface area contributed by atoms with Crippen LogP contribution in [0.1, 0.15) is 26.2 Å². The maximum absolute atomic E-state index is 12.2. The molecule has 1 heterocycles. The number of hydrogen-bond donors (Lipinski definition) is 3. The summed E-state index contributed by atoms with van der Waals surface area (Å²) < 4.78 is 0. The molecule has 1 aliphatic heterocycles. The predicted molar refractivity (Wildman–Crippen MR) is 97.1 cm³/mol. The third kappa shape index (κ3) is 6.29. The molecule has 0 saturated carbocycles. The molecule has 1 fully saturated rings. The summed E-state index contributed by atoms with van der Waals surface area (Å²) in [4.78, 5) is 25.5. The second-order valence-electron chi connectivity index (χ2n) is 6.42. The van der Waals surface area contributed by atoms with Gasteiger partial charge in [0, 0.05) is 18.3 Å². The Morgan fingerprint density at radius 2 is 1.83 bits per heavy atom. The van der Waals surface area contributed by atoms with E-state index < -0.39 is 0 Å². The van der Waals surface area contributed by atoms with E-state index in [4.69, 9.17) is 0 Å². The maximum atomic E-state index is 12.2. The smallest absolute Gasteiger partial charge is 0.238 e. The number of nitrogens with zero attached hydrogens (tertiary/aromatic N) is 1. The van der Waals surface area contributed by atoms with Crippen molar-refractivity contribution in [1.82, 2.24) is 10.2 Å². The van der Waals surface area contributed by atoms with Crippen molar-refractivity contribution in [3.63, 3.8) is 0 Å². The molecule has 1 aromatic carbocycles. The average molecular weight is 332 g/mol. The summed E-state index contributed by atoms with van der Waals surface area (Å²) in [5.74, 6) is 0.634. The molecule has 1 aliphatic rings. The second-order valence-corrected chi connectivity index (χ2v) is 6.42. The zero-order chi connectivity index (χ0) is 17.4. The molecular weight excluding hydrogens is 304 g/mol. The second kappa shape index (κ2) is 9.39. The van der Waals surface area contributed by atoms with Crippen molar-refractivity contribution >= 4 is 23.2 Å². The fraction of sp³-hybridized carbons (Fsp3) is 0.556. The third-order valence-electron chi connectivity index (χ3n) is 4.34. The van der Waals surface area contributed by atoms with E-state index in [9.17, 15) is 9.59 Å². The Bertz CT molecular complexity index is 554. The van der Waals surface area contributed by atoms with Crippen LogP contribution in [-0.4, -0.2) is 49.9 Å². The molecule has 6 heteroatoms. The molecule has 0 atom stereocenters. The molecule has 0 spiro atoms. The lowest BCUT2D eigenvalue weighted by Gasteiger charge is -2.31. The molecule has 0 unspecified atom stereocenters. The van der Waals surface area contributed by atoms with E-state index in [2.05, 4.69) is 20.9 Å². The highest BCUT2D eigenvalue weighted by atomic mass is 16.2. The number of likely N-dealkylation sites (tertiary alicyclic amines) is 1. The van der Waals surface area contributed by atoms with Crippen molar-refractivity contribution in [2.24, 2.45) is 5.92 Å². The topological polar surface area (TPSA) is 73.5 Å². The fourth-order valence-corrected chi connectivity index (χ4v) is 3.06. The number of carbonyl (C=O) groups excluding carboxylic acids is 2. The van der Waals surface area contributed by atoms with E-state index in [1.165, 1.54) is 13.3 Å². The van der Waals surface area contributed by atoms with Crippen molar-refractivity contribution in [2.75, 3.05) is 43.9 Å². The number of anilines is 2. The number of rotatable bonds is 7. The van der Waals surface area contributed by atoms with Gasteiger partial charge in [-0.05, 0) is 70.1 Å². The number of hydrogen-bond acceptors (Lipinski definition) is 4. The summed E-state index contributed by atoms with van der Waals surface area (Å²) in [5.41, 5.74) is 1.39. The maximum Gasteiger partial charge on any atom is 0.238 e. The summed E-state index contributed by atoms with van der Waals surface area (Å²) in [7, 11) is 1.99. The number of piperidine rings is 1. The normalized spacial score (nSPS) is 15.9. The molecule has 0 bridgehead atoms. The van der Waals surface area contributed by atoms with Gasteiger partial charge in [0.2, 0.25) is 11.8 Å². The lowest BCUT2D eigenvalue weighted by molar-refractivity contribution is -0.117. The van der Waals surface area contributed by atoms with Crippen LogP contribution < -0.4 is 16.0 Å². The summed E-state index contributed by atoms with van der Waals surface area (Å²) in [6, 6.07) is 7.21. The molecule has 2 rings (SSSR count). The lowest BCUT2D eigenvalue weighted by Crippen LogP contribution is -2.39. The van der Waals surface area contributed by atoms with Gasteiger partial charge in [-0.1, -0.05) is 6.07 Å². The quantitative estimate of drug-likeness (QED) is 0.713. The van der Waals surface area contributed by atoms with E-state index in [0.717, 1.165) is 38.4 Å². The van der Waals surface area contributed by atoms with Gasteiger partial charge in [0.1, 0.15) is 0 Å². The fourth-order valence-electron chi connectivity index (χ4n) is 3.06.